The van der Waals surface area contributed by atoms with E-state index in [1.54, 1.807) is 35.2 Å². The number of rotatable bonds is 10. The van der Waals surface area contributed by atoms with E-state index < -0.39 is 5.76 Å². The molecule has 2 N–H and O–H groups in total. The Morgan fingerprint density at radius 1 is 1.06 bits per heavy atom. The molecule has 0 bridgehead atoms. The van der Waals surface area contributed by atoms with Crippen molar-refractivity contribution in [1.82, 2.24) is 10.2 Å². The molecule has 0 unspecified atom stereocenters. The van der Waals surface area contributed by atoms with Gasteiger partial charge in [-0.1, -0.05) is 43.7 Å². The number of carbonyl (C=O) groups excluding carboxylic acids is 2. The zero-order valence-corrected chi connectivity index (χ0v) is 19.7. The first-order valence-electron chi connectivity index (χ1n) is 11.5. The van der Waals surface area contributed by atoms with E-state index in [-0.39, 0.29) is 17.7 Å². The topological polar surface area (TPSA) is 61.4 Å². The first kappa shape index (κ1) is 25.0. The van der Waals surface area contributed by atoms with Crippen LogP contribution in [0.3, 0.4) is 0 Å². The summed E-state index contributed by atoms with van der Waals surface area (Å²) >= 11 is 0.498. The number of nitrogens with zero attached hydrogens (tertiary/aromatic N) is 1. The lowest BCUT2D eigenvalue weighted by molar-refractivity contribution is -0.126. The predicted molar refractivity (Wildman–Crippen MR) is 129 cm³/mol. The summed E-state index contributed by atoms with van der Waals surface area (Å²) in [7, 11) is 0. The van der Waals surface area contributed by atoms with Gasteiger partial charge in [0.2, 0.25) is 5.91 Å². The van der Waals surface area contributed by atoms with Gasteiger partial charge >= 0.3 is 0 Å². The van der Waals surface area contributed by atoms with Crippen molar-refractivity contribution in [2.75, 3.05) is 25.0 Å². The maximum absolute atomic E-state index is 13.2. The zero-order valence-electron chi connectivity index (χ0n) is 18.9. The Kier molecular flexibility index (Phi) is 9.54. The number of hydrogen-bond acceptors (Lipinski definition) is 4. The second-order valence-corrected chi connectivity index (χ2v) is 9.20. The van der Waals surface area contributed by atoms with Crippen molar-refractivity contribution < 1.29 is 18.4 Å². The van der Waals surface area contributed by atoms with Crippen LogP contribution in [-0.2, 0) is 4.79 Å². The number of likely N-dealkylation sites (tertiary alicyclic amines) is 1. The molecule has 2 amide bonds. The quantitative estimate of drug-likeness (QED) is 0.332. The summed E-state index contributed by atoms with van der Waals surface area (Å²) in [5.41, 5.74) is 1.92. The molecule has 178 valence electrons. The van der Waals surface area contributed by atoms with E-state index >= 15 is 0 Å². The molecule has 8 heteroatoms. The van der Waals surface area contributed by atoms with E-state index in [9.17, 15) is 18.4 Å². The van der Waals surface area contributed by atoms with Gasteiger partial charge in [0.25, 0.3) is 11.7 Å². The maximum atomic E-state index is 13.2. The molecule has 0 saturated carbocycles. The number of piperidine rings is 1. The molecule has 33 heavy (non-hydrogen) atoms. The van der Waals surface area contributed by atoms with Gasteiger partial charge in [-0.3, -0.25) is 9.59 Å². The Balaban J connectivity index is 1.57. The monoisotopic (exact) mass is 475 g/mol. The summed E-state index contributed by atoms with van der Waals surface area (Å²) in [6.07, 6.45) is 4.54. The van der Waals surface area contributed by atoms with Crippen molar-refractivity contribution in [2.24, 2.45) is 5.92 Å². The largest absolute Gasteiger partial charge is 0.356 e. The van der Waals surface area contributed by atoms with Crippen LogP contribution in [0.25, 0.3) is 0 Å². The van der Waals surface area contributed by atoms with E-state index in [0.29, 0.717) is 66.1 Å². The molecule has 1 saturated heterocycles. The Morgan fingerprint density at radius 2 is 1.76 bits per heavy atom. The lowest BCUT2D eigenvalue weighted by Gasteiger charge is -2.32. The lowest BCUT2D eigenvalue weighted by Crippen LogP contribution is -2.43. The van der Waals surface area contributed by atoms with Crippen molar-refractivity contribution >= 4 is 35.0 Å². The van der Waals surface area contributed by atoms with Gasteiger partial charge in [-0.25, -0.2) is 0 Å². The summed E-state index contributed by atoms with van der Waals surface area (Å²) in [4.78, 5) is 27.9. The molecular formula is C25H31F2N3O2S. The van der Waals surface area contributed by atoms with E-state index in [0.717, 1.165) is 19.3 Å². The number of amides is 2. The molecule has 5 nitrogen and oxygen atoms in total. The van der Waals surface area contributed by atoms with Gasteiger partial charge in [-0.15, -0.1) is 0 Å². The van der Waals surface area contributed by atoms with Crippen molar-refractivity contribution in [3.63, 3.8) is 0 Å². The minimum atomic E-state index is -2.46. The second-order valence-electron chi connectivity index (χ2n) is 8.14. The molecule has 0 aromatic heterocycles. The van der Waals surface area contributed by atoms with E-state index in [4.69, 9.17) is 0 Å². The third kappa shape index (κ3) is 7.45. The fourth-order valence-corrected chi connectivity index (χ4v) is 4.40. The molecule has 1 aliphatic heterocycles. The van der Waals surface area contributed by atoms with Crippen molar-refractivity contribution in [3.05, 3.63) is 54.1 Å². The number of unbranched alkanes of at least 4 members (excludes halogenated alkanes) is 2. The highest BCUT2D eigenvalue weighted by atomic mass is 32.2. The zero-order chi connectivity index (χ0) is 23.6. The second kappa shape index (κ2) is 12.6. The number of halogens is 2. The summed E-state index contributed by atoms with van der Waals surface area (Å²) < 4.78 is 25.0. The highest BCUT2D eigenvalue weighted by molar-refractivity contribution is 7.99. The number of para-hydroxylation sites is 1. The maximum Gasteiger partial charge on any atom is 0.288 e. The van der Waals surface area contributed by atoms with Gasteiger partial charge in [0, 0.05) is 36.1 Å². The Hall–Kier alpha value is -2.61. The number of carbonyl (C=O) groups is 2. The number of hydrogen-bond donors (Lipinski definition) is 2. The highest BCUT2D eigenvalue weighted by Gasteiger charge is 2.28. The number of alkyl halides is 2. The van der Waals surface area contributed by atoms with Crippen LogP contribution in [0.4, 0.5) is 20.2 Å². The first-order chi connectivity index (χ1) is 16.0. The Morgan fingerprint density at radius 3 is 2.42 bits per heavy atom. The van der Waals surface area contributed by atoms with Gasteiger partial charge < -0.3 is 15.5 Å². The number of thioether (sulfide) groups is 1. The van der Waals surface area contributed by atoms with E-state index in [1.807, 2.05) is 18.2 Å². The van der Waals surface area contributed by atoms with Crippen molar-refractivity contribution in [1.29, 1.82) is 0 Å². The van der Waals surface area contributed by atoms with Crippen LogP contribution in [0, 0.1) is 5.92 Å². The summed E-state index contributed by atoms with van der Waals surface area (Å²) in [6, 6.07) is 14.0. The molecule has 2 aromatic rings. The van der Waals surface area contributed by atoms with Crippen LogP contribution in [0.15, 0.2) is 53.4 Å². The molecular weight excluding hydrogens is 444 g/mol. The molecule has 1 aliphatic rings. The predicted octanol–water partition coefficient (Wildman–Crippen LogP) is 5.90. The molecule has 0 aliphatic carbocycles. The minimum Gasteiger partial charge on any atom is -0.356 e. The standard InChI is InChI=1S/C25H31F2N3O2S/c1-2-3-6-15-28-23(31)18-13-16-30(17-14-18)24(32)21-7-4-5-8-22(21)29-19-9-11-20(12-10-19)33-25(26)27/h4-5,7-12,18,25,29H,2-3,6,13-17H2,1H3,(H,28,31). The Labute approximate surface area is 198 Å². The smallest absolute Gasteiger partial charge is 0.288 e. The van der Waals surface area contributed by atoms with Gasteiger partial charge in [0.15, 0.2) is 0 Å². The average Bonchev–Trinajstić information content (AvgIpc) is 2.83. The van der Waals surface area contributed by atoms with E-state index in [2.05, 4.69) is 17.6 Å². The highest BCUT2D eigenvalue weighted by Crippen LogP contribution is 2.29. The summed E-state index contributed by atoms with van der Waals surface area (Å²) in [5, 5.41) is 6.24. The van der Waals surface area contributed by atoms with Crippen molar-refractivity contribution in [2.45, 2.75) is 49.7 Å². The molecule has 0 radical (unpaired) electrons. The lowest BCUT2D eigenvalue weighted by atomic mass is 9.95. The van der Waals surface area contributed by atoms with Gasteiger partial charge in [0.05, 0.1) is 11.3 Å². The fourth-order valence-electron chi connectivity index (χ4n) is 3.90. The normalized spacial score (nSPS) is 14.4. The molecule has 0 atom stereocenters. The van der Waals surface area contributed by atoms with Gasteiger partial charge in [0.1, 0.15) is 0 Å². The van der Waals surface area contributed by atoms with Gasteiger partial charge in [-0.05, 0) is 55.7 Å². The van der Waals surface area contributed by atoms with Crippen molar-refractivity contribution in [3.8, 4) is 0 Å². The third-order valence-corrected chi connectivity index (χ3v) is 6.47. The Bertz CT molecular complexity index is 916. The van der Waals surface area contributed by atoms with Crippen LogP contribution in [0.1, 0.15) is 49.4 Å². The summed E-state index contributed by atoms with van der Waals surface area (Å²) in [6.45, 7) is 3.93. The van der Waals surface area contributed by atoms with E-state index in [1.165, 1.54) is 0 Å². The summed E-state index contributed by atoms with van der Waals surface area (Å²) in [5.74, 6) is -2.49. The van der Waals surface area contributed by atoms with Crippen LogP contribution >= 0.6 is 11.8 Å². The van der Waals surface area contributed by atoms with Crippen LogP contribution in [-0.4, -0.2) is 42.1 Å². The van der Waals surface area contributed by atoms with Crippen LogP contribution in [0.2, 0.25) is 0 Å². The SMILES string of the molecule is CCCCCNC(=O)C1CCN(C(=O)c2ccccc2Nc2ccc(SC(F)F)cc2)CC1. The van der Waals surface area contributed by atoms with Crippen LogP contribution in [0.5, 0.6) is 0 Å². The molecule has 1 fully saturated rings. The number of nitrogens with one attached hydrogen (secondary N) is 2. The fraction of sp³-hybridized carbons (Fsp3) is 0.440. The third-order valence-electron chi connectivity index (χ3n) is 5.75. The number of anilines is 2. The molecule has 3 rings (SSSR count). The molecule has 2 aromatic carbocycles. The van der Waals surface area contributed by atoms with Gasteiger partial charge in [-0.2, -0.15) is 8.78 Å². The van der Waals surface area contributed by atoms with Crippen LogP contribution < -0.4 is 10.6 Å². The first-order valence-corrected chi connectivity index (χ1v) is 12.3. The molecule has 1 heterocycles. The minimum absolute atomic E-state index is 0.0475. The number of benzene rings is 2. The average molecular weight is 476 g/mol. The molecule has 0 spiro atoms.